The van der Waals surface area contributed by atoms with E-state index in [0.717, 1.165) is 17.7 Å². The minimum absolute atomic E-state index is 0.0361. The summed E-state index contributed by atoms with van der Waals surface area (Å²) in [6.07, 6.45) is 0.647. The van der Waals surface area contributed by atoms with Gasteiger partial charge >= 0.3 is 5.97 Å². The maximum Gasteiger partial charge on any atom is 0.328 e. The fourth-order valence-electron chi connectivity index (χ4n) is 3.97. The molecule has 0 radical (unpaired) electrons. The number of carbonyl (C=O) groups excluding carboxylic acids is 1. The fourth-order valence-corrected chi connectivity index (χ4v) is 4.35. The summed E-state index contributed by atoms with van der Waals surface area (Å²) < 4.78 is 16.9. The van der Waals surface area contributed by atoms with Crippen molar-refractivity contribution in [2.45, 2.75) is 19.6 Å². The Hall–Kier alpha value is -3.82. The van der Waals surface area contributed by atoms with Crippen molar-refractivity contribution in [3.8, 4) is 17.2 Å². The van der Waals surface area contributed by atoms with Gasteiger partial charge in [0.15, 0.2) is 0 Å². The lowest BCUT2D eigenvalue weighted by atomic mass is 9.95. The van der Waals surface area contributed by atoms with Crippen LogP contribution in [0.15, 0.2) is 71.2 Å². The Labute approximate surface area is 223 Å². The van der Waals surface area contributed by atoms with Crippen LogP contribution in [0.2, 0.25) is 0 Å². The van der Waals surface area contributed by atoms with Crippen LogP contribution in [0.25, 0.3) is 0 Å². The van der Waals surface area contributed by atoms with Gasteiger partial charge in [0.25, 0.3) is 5.91 Å². The molecule has 2 N–H and O–H groups in total. The molecule has 0 aliphatic rings. The molecule has 9 heteroatoms. The molecule has 0 aliphatic heterocycles. The van der Waals surface area contributed by atoms with Gasteiger partial charge in [-0.3, -0.25) is 4.79 Å². The fraction of sp³-hybridized carbons (Fsp3) is 0.214. The summed E-state index contributed by atoms with van der Waals surface area (Å²) in [5.41, 5.74) is 2.85. The number of benzene rings is 3. The van der Waals surface area contributed by atoms with Gasteiger partial charge in [-0.15, -0.1) is 0 Å². The van der Waals surface area contributed by atoms with Crippen molar-refractivity contribution in [3.63, 3.8) is 0 Å². The number of carbonyl (C=O) groups is 2. The smallest absolute Gasteiger partial charge is 0.328 e. The van der Waals surface area contributed by atoms with Crippen LogP contribution in [0.5, 0.6) is 17.2 Å². The minimum Gasteiger partial charge on any atom is -0.497 e. The third-order valence-electron chi connectivity index (χ3n) is 5.87. The van der Waals surface area contributed by atoms with Crippen molar-refractivity contribution in [3.05, 3.63) is 93.5 Å². The van der Waals surface area contributed by atoms with Gasteiger partial charge in [0, 0.05) is 33.8 Å². The number of aliphatic hydroxyl groups is 1. The Balaban J connectivity index is 2.17. The number of methoxy groups -OCH3 is 3. The standard InChI is InChI=1S/C28H28BrNO7/c1-17-21(6-5-7-24(17)36-3)28(34)22-14-19(29)9-11-23(22)30(26(31)12-13-27(32)33)16-18-8-10-20(35-2)15-25(18)37-4/h5-15,28,34H,16H2,1-4H3,(H,32,33). The first-order valence-corrected chi connectivity index (χ1v) is 12.0. The highest BCUT2D eigenvalue weighted by Crippen LogP contribution is 2.38. The van der Waals surface area contributed by atoms with Gasteiger partial charge in [-0.25, -0.2) is 4.79 Å². The van der Waals surface area contributed by atoms with Crippen molar-refractivity contribution >= 4 is 33.5 Å². The van der Waals surface area contributed by atoms with E-state index in [1.807, 2.05) is 6.92 Å². The molecule has 0 saturated heterocycles. The predicted octanol–water partition coefficient (Wildman–Crippen LogP) is 5.04. The van der Waals surface area contributed by atoms with Gasteiger partial charge in [0.2, 0.25) is 0 Å². The summed E-state index contributed by atoms with van der Waals surface area (Å²) in [6.45, 7) is 1.88. The predicted molar refractivity (Wildman–Crippen MR) is 143 cm³/mol. The second-order valence-electron chi connectivity index (χ2n) is 8.05. The van der Waals surface area contributed by atoms with Crippen molar-refractivity contribution in [1.82, 2.24) is 0 Å². The number of hydrogen-bond donors (Lipinski definition) is 2. The molecule has 0 aliphatic carbocycles. The highest BCUT2D eigenvalue weighted by molar-refractivity contribution is 9.10. The van der Waals surface area contributed by atoms with Crippen molar-refractivity contribution < 1.29 is 34.0 Å². The average Bonchev–Trinajstić information content (AvgIpc) is 2.90. The number of anilines is 1. The second kappa shape index (κ2) is 12.4. The number of ether oxygens (including phenoxy) is 3. The molecule has 0 bridgehead atoms. The number of amides is 1. The molecule has 1 unspecified atom stereocenters. The molecule has 1 amide bonds. The molecule has 8 nitrogen and oxygen atoms in total. The molecular weight excluding hydrogens is 542 g/mol. The van der Waals surface area contributed by atoms with Gasteiger partial charge in [-0.05, 0) is 54.4 Å². The number of aliphatic hydroxyl groups excluding tert-OH is 1. The van der Waals surface area contributed by atoms with Crippen LogP contribution >= 0.6 is 15.9 Å². The van der Waals surface area contributed by atoms with E-state index < -0.39 is 18.0 Å². The molecule has 194 valence electrons. The van der Waals surface area contributed by atoms with Crippen LogP contribution in [0, 0.1) is 6.92 Å². The Morgan fingerprint density at radius 1 is 0.946 bits per heavy atom. The first-order chi connectivity index (χ1) is 17.7. The zero-order valence-electron chi connectivity index (χ0n) is 20.9. The van der Waals surface area contributed by atoms with Gasteiger partial charge in [0.1, 0.15) is 23.4 Å². The van der Waals surface area contributed by atoms with Gasteiger partial charge in [0.05, 0.1) is 33.6 Å². The van der Waals surface area contributed by atoms with Gasteiger partial charge in [-0.1, -0.05) is 28.1 Å². The van der Waals surface area contributed by atoms with Crippen LogP contribution in [0.4, 0.5) is 5.69 Å². The topological polar surface area (TPSA) is 106 Å². The number of hydrogen-bond acceptors (Lipinski definition) is 6. The second-order valence-corrected chi connectivity index (χ2v) is 8.97. The van der Waals surface area contributed by atoms with Crippen molar-refractivity contribution in [2.75, 3.05) is 26.2 Å². The van der Waals surface area contributed by atoms with E-state index in [9.17, 15) is 14.7 Å². The largest absolute Gasteiger partial charge is 0.497 e. The van der Waals surface area contributed by atoms with E-state index >= 15 is 0 Å². The molecule has 0 aromatic heterocycles. The molecule has 1 atom stereocenters. The summed E-state index contributed by atoms with van der Waals surface area (Å²) in [4.78, 5) is 25.9. The van der Waals surface area contributed by atoms with Crippen LogP contribution in [-0.4, -0.2) is 43.4 Å². The molecule has 37 heavy (non-hydrogen) atoms. The lowest BCUT2D eigenvalue weighted by Gasteiger charge is -2.28. The SMILES string of the molecule is COc1ccc(CN(C(=O)C=CC(=O)O)c2ccc(Br)cc2C(O)c2cccc(OC)c2C)c(OC)c1. The van der Waals surface area contributed by atoms with E-state index in [0.29, 0.717) is 44.1 Å². The summed E-state index contributed by atoms with van der Waals surface area (Å²) in [5, 5.41) is 20.6. The molecule has 3 rings (SSSR count). The number of carboxylic acid groups (broad SMARTS) is 1. The van der Waals surface area contributed by atoms with E-state index in [2.05, 4.69) is 15.9 Å². The van der Waals surface area contributed by atoms with Crippen LogP contribution < -0.4 is 19.1 Å². The third kappa shape index (κ3) is 6.49. The minimum atomic E-state index is -1.25. The molecular formula is C28H28BrNO7. The van der Waals surface area contributed by atoms with Crippen molar-refractivity contribution in [2.24, 2.45) is 0 Å². The quantitative estimate of drug-likeness (QED) is 0.329. The van der Waals surface area contributed by atoms with Gasteiger partial charge < -0.3 is 29.3 Å². The monoisotopic (exact) mass is 569 g/mol. The Morgan fingerprint density at radius 2 is 1.68 bits per heavy atom. The summed E-state index contributed by atoms with van der Waals surface area (Å²) in [6, 6.07) is 15.7. The van der Waals surface area contributed by atoms with Gasteiger partial charge in [-0.2, -0.15) is 0 Å². The first kappa shape index (κ1) is 27.8. The summed E-state index contributed by atoms with van der Waals surface area (Å²) >= 11 is 3.46. The zero-order chi connectivity index (χ0) is 27.1. The molecule has 0 saturated carbocycles. The van der Waals surface area contributed by atoms with Crippen LogP contribution in [0.3, 0.4) is 0 Å². The number of halogens is 1. The third-order valence-corrected chi connectivity index (χ3v) is 6.37. The van der Waals surface area contributed by atoms with Crippen LogP contribution in [-0.2, 0) is 16.1 Å². The normalized spacial score (nSPS) is 11.7. The van der Waals surface area contributed by atoms with E-state index in [4.69, 9.17) is 19.3 Å². The first-order valence-electron chi connectivity index (χ1n) is 11.2. The number of carboxylic acids is 1. The van der Waals surface area contributed by atoms with E-state index in [1.54, 1.807) is 61.7 Å². The maximum atomic E-state index is 13.3. The summed E-state index contributed by atoms with van der Waals surface area (Å²) in [5.74, 6) is -0.148. The molecule has 3 aromatic rings. The maximum absolute atomic E-state index is 13.3. The van der Waals surface area contributed by atoms with E-state index in [-0.39, 0.29) is 6.54 Å². The van der Waals surface area contributed by atoms with E-state index in [1.165, 1.54) is 19.1 Å². The summed E-state index contributed by atoms with van der Waals surface area (Å²) in [7, 11) is 4.60. The number of rotatable bonds is 10. The molecule has 0 fully saturated rings. The zero-order valence-corrected chi connectivity index (χ0v) is 22.5. The Bertz CT molecular complexity index is 1320. The molecule has 3 aromatic carbocycles. The highest BCUT2D eigenvalue weighted by atomic mass is 79.9. The lowest BCUT2D eigenvalue weighted by molar-refractivity contribution is -0.131. The lowest BCUT2D eigenvalue weighted by Crippen LogP contribution is -2.30. The number of nitrogens with zero attached hydrogens (tertiary/aromatic N) is 1. The Kier molecular flexibility index (Phi) is 9.32. The average molecular weight is 570 g/mol. The van der Waals surface area contributed by atoms with Crippen molar-refractivity contribution in [1.29, 1.82) is 0 Å². The number of aliphatic carboxylic acids is 1. The Morgan fingerprint density at radius 3 is 2.32 bits per heavy atom. The molecule has 0 heterocycles. The molecule has 0 spiro atoms. The highest BCUT2D eigenvalue weighted by Gasteiger charge is 2.25. The van der Waals surface area contributed by atoms with Crippen LogP contribution in [0.1, 0.15) is 28.4 Å².